The Bertz CT molecular complexity index is 1020. The van der Waals surface area contributed by atoms with E-state index in [1.54, 1.807) is 0 Å². The van der Waals surface area contributed by atoms with E-state index in [0.717, 1.165) is 6.42 Å². The molecule has 1 N–H and O–H groups in total. The molecular formula is C30H35NO2. The molecule has 0 saturated heterocycles. The lowest BCUT2D eigenvalue weighted by Gasteiger charge is -2.26. The molecule has 0 heterocycles. The third kappa shape index (κ3) is 8.03. The first kappa shape index (κ1) is 24.5. The van der Waals surface area contributed by atoms with Crippen molar-refractivity contribution in [2.45, 2.75) is 51.7 Å². The van der Waals surface area contributed by atoms with Gasteiger partial charge in [-0.05, 0) is 56.4 Å². The van der Waals surface area contributed by atoms with Crippen LogP contribution in [-0.4, -0.2) is 24.2 Å². The average Bonchev–Trinajstić information content (AvgIpc) is 2.81. The molecule has 2 atom stereocenters. The van der Waals surface area contributed by atoms with Gasteiger partial charge in [0.15, 0.2) is 0 Å². The molecule has 0 fully saturated rings. The van der Waals surface area contributed by atoms with E-state index in [-0.39, 0.29) is 24.5 Å². The first-order valence-corrected chi connectivity index (χ1v) is 11.6. The van der Waals surface area contributed by atoms with Gasteiger partial charge in [0.05, 0.1) is 6.54 Å². The third-order valence-electron chi connectivity index (χ3n) is 5.54. The number of rotatable bonds is 9. The SMILES string of the molecule is CC(NCC(=O)OC(C)(C)C)C(C/C=C/c1ccccc1)c1ccc(-c2ccccc2)cc1. The van der Waals surface area contributed by atoms with Crippen molar-refractivity contribution < 1.29 is 9.53 Å². The monoisotopic (exact) mass is 441 g/mol. The third-order valence-corrected chi connectivity index (χ3v) is 5.54. The molecule has 3 nitrogen and oxygen atoms in total. The van der Waals surface area contributed by atoms with E-state index in [1.807, 2.05) is 45.0 Å². The Morgan fingerprint density at radius 1 is 0.879 bits per heavy atom. The molecule has 3 heteroatoms. The van der Waals surface area contributed by atoms with Crippen molar-refractivity contribution in [3.63, 3.8) is 0 Å². The summed E-state index contributed by atoms with van der Waals surface area (Å²) in [6, 6.07) is 29.6. The van der Waals surface area contributed by atoms with E-state index in [9.17, 15) is 4.79 Å². The standard InChI is InChI=1S/C30H35NO2/c1-23(31-22-29(32)33-30(2,3)4)28(17-11-14-24-12-7-5-8-13-24)27-20-18-26(19-21-27)25-15-9-6-10-16-25/h5-16,18-21,23,28,31H,17,22H2,1-4H3/b14-11+. The Labute approximate surface area is 198 Å². The highest BCUT2D eigenvalue weighted by molar-refractivity contribution is 5.72. The molecule has 0 aliphatic heterocycles. The minimum Gasteiger partial charge on any atom is -0.459 e. The molecule has 3 aromatic carbocycles. The van der Waals surface area contributed by atoms with E-state index in [4.69, 9.17) is 4.74 Å². The van der Waals surface area contributed by atoms with Gasteiger partial charge in [0.2, 0.25) is 0 Å². The fourth-order valence-corrected chi connectivity index (χ4v) is 3.86. The van der Waals surface area contributed by atoms with E-state index >= 15 is 0 Å². The number of carbonyl (C=O) groups excluding carboxylic acids is 1. The lowest BCUT2D eigenvalue weighted by atomic mass is 9.88. The highest BCUT2D eigenvalue weighted by Crippen LogP contribution is 2.28. The van der Waals surface area contributed by atoms with Gasteiger partial charge < -0.3 is 10.1 Å². The second-order valence-corrected chi connectivity index (χ2v) is 9.40. The number of carbonyl (C=O) groups is 1. The molecule has 0 saturated carbocycles. The quantitative estimate of drug-likeness (QED) is 0.369. The second kappa shape index (κ2) is 11.6. The van der Waals surface area contributed by atoms with E-state index in [1.165, 1.54) is 22.3 Å². The van der Waals surface area contributed by atoms with Gasteiger partial charge in [-0.15, -0.1) is 0 Å². The van der Waals surface area contributed by atoms with Crippen molar-refractivity contribution in [1.82, 2.24) is 5.32 Å². The molecule has 0 aromatic heterocycles. The van der Waals surface area contributed by atoms with Crippen molar-refractivity contribution in [2.75, 3.05) is 6.54 Å². The first-order chi connectivity index (χ1) is 15.8. The Balaban J connectivity index is 1.74. The highest BCUT2D eigenvalue weighted by atomic mass is 16.6. The number of esters is 1. The lowest BCUT2D eigenvalue weighted by Crippen LogP contribution is -2.38. The van der Waals surface area contributed by atoms with Crippen LogP contribution in [0.4, 0.5) is 0 Å². The van der Waals surface area contributed by atoms with E-state index in [0.29, 0.717) is 0 Å². The second-order valence-electron chi connectivity index (χ2n) is 9.40. The smallest absolute Gasteiger partial charge is 0.320 e. The van der Waals surface area contributed by atoms with Gasteiger partial charge in [0, 0.05) is 12.0 Å². The maximum absolute atomic E-state index is 12.2. The van der Waals surface area contributed by atoms with Crippen LogP contribution >= 0.6 is 0 Å². The maximum Gasteiger partial charge on any atom is 0.320 e. The number of nitrogens with one attached hydrogen (secondary N) is 1. The Morgan fingerprint density at radius 3 is 2.06 bits per heavy atom. The van der Waals surface area contributed by atoms with Crippen molar-refractivity contribution in [3.8, 4) is 11.1 Å². The number of hydrogen-bond acceptors (Lipinski definition) is 3. The van der Waals surface area contributed by atoms with Gasteiger partial charge in [-0.2, -0.15) is 0 Å². The van der Waals surface area contributed by atoms with E-state index < -0.39 is 5.60 Å². The Morgan fingerprint density at radius 2 is 1.45 bits per heavy atom. The molecule has 0 spiro atoms. The summed E-state index contributed by atoms with van der Waals surface area (Å²) in [5, 5.41) is 3.39. The first-order valence-electron chi connectivity index (χ1n) is 11.6. The zero-order valence-corrected chi connectivity index (χ0v) is 20.1. The van der Waals surface area contributed by atoms with Crippen LogP contribution < -0.4 is 5.32 Å². The molecule has 33 heavy (non-hydrogen) atoms. The molecular weight excluding hydrogens is 406 g/mol. The molecule has 0 amide bonds. The average molecular weight is 442 g/mol. The summed E-state index contributed by atoms with van der Waals surface area (Å²) in [7, 11) is 0. The number of benzene rings is 3. The minimum absolute atomic E-state index is 0.0977. The summed E-state index contributed by atoms with van der Waals surface area (Å²) in [4.78, 5) is 12.2. The highest BCUT2D eigenvalue weighted by Gasteiger charge is 2.21. The van der Waals surface area contributed by atoms with Crippen LogP contribution in [0.15, 0.2) is 91.0 Å². The summed E-state index contributed by atoms with van der Waals surface area (Å²) in [5.41, 5.74) is 4.36. The van der Waals surface area contributed by atoms with Crippen LogP contribution in [0.25, 0.3) is 17.2 Å². The van der Waals surface area contributed by atoms with Crippen molar-refractivity contribution in [2.24, 2.45) is 0 Å². The van der Waals surface area contributed by atoms with Crippen LogP contribution in [0.3, 0.4) is 0 Å². The molecule has 0 aliphatic carbocycles. The summed E-state index contributed by atoms with van der Waals surface area (Å²) in [6.07, 6.45) is 5.24. The van der Waals surface area contributed by atoms with Gasteiger partial charge >= 0.3 is 5.97 Å². The molecule has 0 bridgehead atoms. The van der Waals surface area contributed by atoms with Crippen molar-refractivity contribution >= 4 is 12.0 Å². The largest absolute Gasteiger partial charge is 0.459 e. The number of hydrogen-bond donors (Lipinski definition) is 1. The molecule has 0 radical (unpaired) electrons. The summed E-state index contributed by atoms with van der Waals surface area (Å²) in [6.45, 7) is 8.00. The van der Waals surface area contributed by atoms with Gasteiger partial charge in [-0.3, -0.25) is 4.79 Å². The fourth-order valence-electron chi connectivity index (χ4n) is 3.86. The number of ether oxygens (including phenoxy) is 1. The number of allylic oxidation sites excluding steroid dienone is 1. The molecule has 3 rings (SSSR count). The maximum atomic E-state index is 12.2. The van der Waals surface area contributed by atoms with Crippen LogP contribution in [0, 0.1) is 0 Å². The van der Waals surface area contributed by atoms with Crippen LogP contribution in [0.1, 0.15) is 51.2 Å². The zero-order chi connectivity index (χ0) is 23.7. The van der Waals surface area contributed by atoms with Gasteiger partial charge in [0.1, 0.15) is 5.60 Å². The molecule has 0 aliphatic rings. The summed E-state index contributed by atoms with van der Waals surface area (Å²) < 4.78 is 5.46. The Kier molecular flexibility index (Phi) is 8.62. The van der Waals surface area contributed by atoms with E-state index in [2.05, 4.69) is 85.1 Å². The summed E-state index contributed by atoms with van der Waals surface area (Å²) in [5.74, 6) is -0.00965. The van der Waals surface area contributed by atoms with Crippen LogP contribution in [0.5, 0.6) is 0 Å². The van der Waals surface area contributed by atoms with Crippen molar-refractivity contribution in [3.05, 3.63) is 102 Å². The topological polar surface area (TPSA) is 38.3 Å². The zero-order valence-electron chi connectivity index (χ0n) is 20.1. The van der Waals surface area contributed by atoms with Gasteiger partial charge in [0.25, 0.3) is 0 Å². The van der Waals surface area contributed by atoms with Crippen LogP contribution in [-0.2, 0) is 9.53 Å². The van der Waals surface area contributed by atoms with Gasteiger partial charge in [-0.1, -0.05) is 97.1 Å². The normalized spacial score (nSPS) is 13.6. The van der Waals surface area contributed by atoms with Crippen molar-refractivity contribution in [1.29, 1.82) is 0 Å². The predicted molar refractivity (Wildman–Crippen MR) is 138 cm³/mol. The molecule has 172 valence electrons. The minimum atomic E-state index is -0.479. The van der Waals surface area contributed by atoms with Crippen LogP contribution in [0.2, 0.25) is 0 Å². The lowest BCUT2D eigenvalue weighted by molar-refractivity contribution is -0.153. The fraction of sp³-hybridized carbons (Fsp3) is 0.300. The van der Waals surface area contributed by atoms with Gasteiger partial charge in [-0.25, -0.2) is 0 Å². The molecule has 2 unspecified atom stereocenters. The summed E-state index contributed by atoms with van der Waals surface area (Å²) >= 11 is 0. The molecule has 3 aromatic rings. The predicted octanol–water partition coefficient (Wildman–Crippen LogP) is 6.86. The Hall–Kier alpha value is -3.17.